The third kappa shape index (κ3) is 2.46. The highest BCUT2D eigenvalue weighted by Crippen LogP contribution is 2.13. The van der Waals surface area contributed by atoms with Crippen LogP contribution in [0.25, 0.3) is 5.65 Å². The Bertz CT molecular complexity index is 707. The molecule has 0 aromatic carbocycles. The third-order valence-corrected chi connectivity index (χ3v) is 3.13. The van der Waals surface area contributed by atoms with Gasteiger partial charge in [0.25, 0.3) is 0 Å². The minimum Gasteiger partial charge on any atom is -0.506 e. The fourth-order valence-electron chi connectivity index (χ4n) is 2.03. The van der Waals surface area contributed by atoms with Crippen molar-refractivity contribution in [3.63, 3.8) is 0 Å². The molecule has 0 radical (unpaired) electrons. The molecule has 0 aliphatic heterocycles. The van der Waals surface area contributed by atoms with Gasteiger partial charge in [-0.1, -0.05) is 6.07 Å². The highest BCUT2D eigenvalue weighted by Gasteiger charge is 2.12. The molecule has 0 spiro atoms. The van der Waals surface area contributed by atoms with Crippen molar-refractivity contribution in [1.82, 2.24) is 24.9 Å². The van der Waals surface area contributed by atoms with Crippen LogP contribution in [0.15, 0.2) is 42.7 Å². The molecule has 0 saturated heterocycles. The summed E-state index contributed by atoms with van der Waals surface area (Å²) in [6, 6.07) is 9.27. The highest BCUT2D eigenvalue weighted by atomic mass is 16.3. The molecule has 0 aliphatic rings. The maximum Gasteiger partial charge on any atom is 0.160 e. The van der Waals surface area contributed by atoms with Gasteiger partial charge in [0.05, 0.1) is 17.9 Å². The summed E-state index contributed by atoms with van der Waals surface area (Å²) in [5.41, 5.74) is 1.70. The molecule has 3 heterocycles. The molecule has 20 heavy (non-hydrogen) atoms. The lowest BCUT2D eigenvalue weighted by Gasteiger charge is -2.11. The second-order valence-electron chi connectivity index (χ2n) is 4.60. The number of rotatable bonds is 4. The van der Waals surface area contributed by atoms with Gasteiger partial charge in [-0.05, 0) is 31.2 Å². The van der Waals surface area contributed by atoms with Gasteiger partial charge in [-0.3, -0.25) is 9.38 Å². The average Bonchev–Trinajstić information content (AvgIpc) is 2.90. The number of hydrogen-bond donors (Lipinski definition) is 2. The van der Waals surface area contributed by atoms with E-state index in [1.165, 1.54) is 6.20 Å². The molecular weight excluding hydrogens is 254 g/mol. The van der Waals surface area contributed by atoms with Crippen molar-refractivity contribution in [3.8, 4) is 5.75 Å². The number of nitrogens with zero attached hydrogens (tertiary/aromatic N) is 4. The minimum absolute atomic E-state index is 0.0444. The molecule has 3 rings (SSSR count). The summed E-state index contributed by atoms with van der Waals surface area (Å²) in [6.07, 6.45) is 3.38. The minimum atomic E-state index is 0.0444. The Balaban J connectivity index is 1.73. The first kappa shape index (κ1) is 12.6. The van der Waals surface area contributed by atoms with E-state index in [0.29, 0.717) is 6.54 Å². The largest absolute Gasteiger partial charge is 0.506 e. The van der Waals surface area contributed by atoms with Gasteiger partial charge in [0.2, 0.25) is 0 Å². The van der Waals surface area contributed by atoms with Crippen molar-refractivity contribution in [1.29, 1.82) is 0 Å². The zero-order valence-corrected chi connectivity index (χ0v) is 11.1. The summed E-state index contributed by atoms with van der Waals surface area (Å²) in [7, 11) is 0. The van der Waals surface area contributed by atoms with Gasteiger partial charge in [-0.2, -0.15) is 0 Å². The van der Waals surface area contributed by atoms with E-state index in [1.54, 1.807) is 12.1 Å². The molecule has 6 nitrogen and oxygen atoms in total. The molecule has 0 amide bonds. The van der Waals surface area contributed by atoms with Gasteiger partial charge in [0, 0.05) is 12.7 Å². The molecule has 6 heteroatoms. The smallest absolute Gasteiger partial charge is 0.160 e. The second-order valence-corrected chi connectivity index (χ2v) is 4.60. The SMILES string of the molecule is CC(NCc1ccc(O)cn1)c1nnc2ccccn12. The van der Waals surface area contributed by atoms with E-state index in [9.17, 15) is 5.11 Å². The number of aromatic nitrogens is 4. The van der Waals surface area contributed by atoms with E-state index in [-0.39, 0.29) is 11.8 Å². The Morgan fingerprint density at radius 3 is 2.95 bits per heavy atom. The first-order chi connectivity index (χ1) is 9.74. The van der Waals surface area contributed by atoms with Crippen molar-refractivity contribution in [2.75, 3.05) is 0 Å². The van der Waals surface area contributed by atoms with Crippen LogP contribution >= 0.6 is 0 Å². The van der Waals surface area contributed by atoms with Gasteiger partial charge in [0.1, 0.15) is 5.75 Å². The molecule has 0 fully saturated rings. The first-order valence-corrected chi connectivity index (χ1v) is 6.41. The summed E-state index contributed by atoms with van der Waals surface area (Å²) < 4.78 is 1.96. The molecule has 0 bridgehead atoms. The molecule has 1 atom stereocenters. The molecule has 0 aliphatic carbocycles. The predicted octanol–water partition coefficient (Wildman–Crippen LogP) is 1.68. The van der Waals surface area contributed by atoms with E-state index in [2.05, 4.69) is 20.5 Å². The summed E-state index contributed by atoms with van der Waals surface area (Å²) in [4.78, 5) is 4.14. The molecular formula is C14H15N5O. The van der Waals surface area contributed by atoms with Crippen LogP contribution in [0.1, 0.15) is 24.5 Å². The molecule has 1 unspecified atom stereocenters. The molecule has 2 N–H and O–H groups in total. The van der Waals surface area contributed by atoms with Gasteiger partial charge in [0.15, 0.2) is 11.5 Å². The fourth-order valence-corrected chi connectivity index (χ4v) is 2.03. The van der Waals surface area contributed by atoms with Crippen LogP contribution in [0.4, 0.5) is 0 Å². The number of pyridine rings is 2. The van der Waals surface area contributed by atoms with E-state index in [0.717, 1.165) is 17.2 Å². The Hall–Kier alpha value is -2.47. The molecule has 102 valence electrons. The van der Waals surface area contributed by atoms with Crippen molar-refractivity contribution < 1.29 is 5.11 Å². The summed E-state index contributed by atoms with van der Waals surface area (Å²) in [5, 5.41) is 20.9. The van der Waals surface area contributed by atoms with E-state index >= 15 is 0 Å². The van der Waals surface area contributed by atoms with Crippen molar-refractivity contribution >= 4 is 5.65 Å². The highest BCUT2D eigenvalue weighted by molar-refractivity contribution is 5.37. The van der Waals surface area contributed by atoms with E-state index < -0.39 is 0 Å². The van der Waals surface area contributed by atoms with Gasteiger partial charge in [-0.25, -0.2) is 0 Å². The predicted molar refractivity (Wildman–Crippen MR) is 74.1 cm³/mol. The van der Waals surface area contributed by atoms with E-state index in [1.807, 2.05) is 35.7 Å². The van der Waals surface area contributed by atoms with Crippen LogP contribution < -0.4 is 5.32 Å². The Labute approximate surface area is 116 Å². The van der Waals surface area contributed by atoms with Crippen molar-refractivity contribution in [2.45, 2.75) is 19.5 Å². The Kier molecular flexibility index (Phi) is 3.30. The number of hydrogen-bond acceptors (Lipinski definition) is 5. The Morgan fingerprint density at radius 2 is 2.15 bits per heavy atom. The van der Waals surface area contributed by atoms with Gasteiger partial charge in [-0.15, -0.1) is 10.2 Å². The van der Waals surface area contributed by atoms with Crippen LogP contribution in [0.2, 0.25) is 0 Å². The maximum absolute atomic E-state index is 9.20. The Morgan fingerprint density at radius 1 is 1.25 bits per heavy atom. The maximum atomic E-state index is 9.20. The van der Waals surface area contributed by atoms with Crippen LogP contribution in [-0.4, -0.2) is 24.7 Å². The van der Waals surface area contributed by atoms with Crippen LogP contribution in [-0.2, 0) is 6.54 Å². The summed E-state index contributed by atoms with van der Waals surface area (Å²) >= 11 is 0. The zero-order chi connectivity index (χ0) is 13.9. The lowest BCUT2D eigenvalue weighted by molar-refractivity contribution is 0.471. The quantitative estimate of drug-likeness (QED) is 0.753. The zero-order valence-electron chi connectivity index (χ0n) is 11.1. The van der Waals surface area contributed by atoms with Crippen LogP contribution in [0, 0.1) is 0 Å². The summed E-state index contributed by atoms with van der Waals surface area (Å²) in [5.74, 6) is 1.03. The third-order valence-electron chi connectivity index (χ3n) is 3.13. The lowest BCUT2D eigenvalue weighted by atomic mass is 10.3. The summed E-state index contributed by atoms with van der Waals surface area (Å²) in [6.45, 7) is 2.63. The lowest BCUT2D eigenvalue weighted by Crippen LogP contribution is -2.20. The van der Waals surface area contributed by atoms with Gasteiger partial charge >= 0.3 is 0 Å². The fraction of sp³-hybridized carbons (Fsp3) is 0.214. The number of fused-ring (bicyclic) bond motifs is 1. The standard InChI is InChI=1S/C14H15N5O/c1-10(15-8-11-5-6-12(20)9-16-11)14-18-17-13-4-2-3-7-19(13)14/h2-7,9-10,15,20H,8H2,1H3. The average molecular weight is 269 g/mol. The monoisotopic (exact) mass is 269 g/mol. The van der Waals surface area contributed by atoms with Gasteiger partial charge < -0.3 is 10.4 Å². The molecule has 3 aromatic heterocycles. The molecule has 0 saturated carbocycles. The van der Waals surface area contributed by atoms with E-state index in [4.69, 9.17) is 0 Å². The second kappa shape index (κ2) is 5.26. The number of nitrogens with one attached hydrogen (secondary N) is 1. The van der Waals surface area contributed by atoms with Crippen molar-refractivity contribution in [2.24, 2.45) is 0 Å². The van der Waals surface area contributed by atoms with Crippen LogP contribution in [0.5, 0.6) is 5.75 Å². The topological polar surface area (TPSA) is 75.3 Å². The van der Waals surface area contributed by atoms with Crippen LogP contribution in [0.3, 0.4) is 0 Å². The molecule has 3 aromatic rings. The first-order valence-electron chi connectivity index (χ1n) is 6.41. The number of aromatic hydroxyl groups is 1. The van der Waals surface area contributed by atoms with Crippen molar-refractivity contribution in [3.05, 3.63) is 54.2 Å². The normalized spacial score (nSPS) is 12.7.